The molecule has 0 amide bonds. The lowest BCUT2D eigenvalue weighted by Crippen LogP contribution is -2.36. The van der Waals surface area contributed by atoms with E-state index >= 15 is 0 Å². The van der Waals surface area contributed by atoms with Crippen LogP contribution in [0.25, 0.3) is 0 Å². The van der Waals surface area contributed by atoms with Gasteiger partial charge in [0.05, 0.1) is 22.3 Å². The van der Waals surface area contributed by atoms with Crippen molar-refractivity contribution in [2.75, 3.05) is 18.9 Å². The molecular weight excluding hydrogens is 246 g/mol. The largest absolute Gasteiger partial charge is 0.382 e. The fourth-order valence-electron chi connectivity index (χ4n) is 1.97. The first-order valence-corrected chi connectivity index (χ1v) is 6.65. The van der Waals surface area contributed by atoms with Crippen molar-refractivity contribution in [3.05, 3.63) is 28.8 Å². The fourth-order valence-corrected chi connectivity index (χ4v) is 2.22. The van der Waals surface area contributed by atoms with Crippen molar-refractivity contribution >= 4 is 17.3 Å². The summed E-state index contributed by atoms with van der Waals surface area (Å²) in [5, 5.41) is 12.7. The van der Waals surface area contributed by atoms with Gasteiger partial charge >= 0.3 is 0 Å². The van der Waals surface area contributed by atoms with E-state index in [-0.39, 0.29) is 0 Å². The molecule has 18 heavy (non-hydrogen) atoms. The van der Waals surface area contributed by atoms with Gasteiger partial charge < -0.3 is 5.32 Å². The normalized spacial score (nSPS) is 16.4. The van der Waals surface area contributed by atoms with Gasteiger partial charge in [0.15, 0.2) is 0 Å². The van der Waals surface area contributed by atoms with E-state index in [1.54, 1.807) is 12.1 Å². The fraction of sp³-hybridized carbons (Fsp3) is 0.500. The lowest BCUT2D eigenvalue weighted by Gasteiger charge is -2.25. The van der Waals surface area contributed by atoms with Gasteiger partial charge in [-0.05, 0) is 45.0 Å². The Morgan fingerprint density at radius 1 is 1.56 bits per heavy atom. The smallest absolute Gasteiger partial charge is 0.0992 e. The lowest BCUT2D eigenvalue weighted by atomic mass is 10.2. The lowest BCUT2D eigenvalue weighted by molar-refractivity contribution is 0.257. The molecule has 1 unspecified atom stereocenters. The minimum absolute atomic E-state index is 0.476. The Morgan fingerprint density at radius 2 is 2.28 bits per heavy atom. The second-order valence-corrected chi connectivity index (χ2v) is 5.34. The molecular formula is C14H18ClN3. The van der Waals surface area contributed by atoms with Crippen LogP contribution in [0.3, 0.4) is 0 Å². The van der Waals surface area contributed by atoms with Gasteiger partial charge in [-0.15, -0.1) is 0 Å². The SMILES string of the molecule is CC(CNc1ccc(C#N)cc1Cl)N(C)C1CC1. The molecule has 0 aliphatic heterocycles. The molecule has 96 valence electrons. The van der Waals surface area contributed by atoms with Crippen LogP contribution in [0, 0.1) is 11.3 Å². The van der Waals surface area contributed by atoms with E-state index in [2.05, 4.69) is 30.3 Å². The summed E-state index contributed by atoms with van der Waals surface area (Å²) in [5.41, 5.74) is 1.49. The third kappa shape index (κ3) is 3.16. The maximum Gasteiger partial charge on any atom is 0.0992 e. The van der Waals surface area contributed by atoms with E-state index in [1.807, 2.05) is 6.07 Å². The van der Waals surface area contributed by atoms with Gasteiger partial charge in [0.2, 0.25) is 0 Å². The summed E-state index contributed by atoms with van der Waals surface area (Å²) in [7, 11) is 2.17. The Morgan fingerprint density at radius 3 is 2.83 bits per heavy atom. The summed E-state index contributed by atoms with van der Waals surface area (Å²) < 4.78 is 0. The van der Waals surface area contributed by atoms with E-state index < -0.39 is 0 Å². The molecule has 2 rings (SSSR count). The molecule has 1 atom stereocenters. The summed E-state index contributed by atoms with van der Waals surface area (Å²) in [6.07, 6.45) is 2.64. The highest BCUT2D eigenvalue weighted by atomic mass is 35.5. The second kappa shape index (κ2) is 5.60. The molecule has 0 saturated heterocycles. The van der Waals surface area contributed by atoms with Crippen LogP contribution in [0.2, 0.25) is 5.02 Å². The van der Waals surface area contributed by atoms with Crippen LogP contribution in [0.1, 0.15) is 25.3 Å². The zero-order valence-electron chi connectivity index (χ0n) is 10.8. The van der Waals surface area contributed by atoms with Crippen molar-refractivity contribution in [1.29, 1.82) is 5.26 Å². The number of nitriles is 1. The predicted octanol–water partition coefficient (Wildman–Crippen LogP) is 3.11. The maximum atomic E-state index is 8.78. The number of halogens is 1. The van der Waals surface area contributed by atoms with Crippen molar-refractivity contribution in [3.63, 3.8) is 0 Å². The van der Waals surface area contributed by atoms with Crippen molar-refractivity contribution in [2.45, 2.75) is 31.8 Å². The van der Waals surface area contributed by atoms with Crippen LogP contribution >= 0.6 is 11.6 Å². The van der Waals surface area contributed by atoms with Gasteiger partial charge in [0, 0.05) is 18.6 Å². The molecule has 0 aromatic heterocycles. The molecule has 1 aromatic carbocycles. The van der Waals surface area contributed by atoms with Crippen LogP contribution in [-0.2, 0) is 0 Å². The van der Waals surface area contributed by atoms with Crippen LogP contribution in [-0.4, -0.2) is 30.6 Å². The second-order valence-electron chi connectivity index (χ2n) is 4.93. The number of anilines is 1. The van der Waals surface area contributed by atoms with Crippen LogP contribution in [0.5, 0.6) is 0 Å². The van der Waals surface area contributed by atoms with Crippen LogP contribution < -0.4 is 5.32 Å². The standard InChI is InChI=1S/C14H18ClN3/c1-10(18(2)12-4-5-12)9-17-14-6-3-11(8-16)7-13(14)15/h3,6-7,10,12,17H,4-5,9H2,1-2H3. The zero-order valence-corrected chi connectivity index (χ0v) is 11.5. The van der Waals surface area contributed by atoms with Crippen LogP contribution in [0.4, 0.5) is 5.69 Å². The third-order valence-corrected chi connectivity index (χ3v) is 3.82. The van der Waals surface area contributed by atoms with Gasteiger partial charge in [-0.25, -0.2) is 0 Å². The Kier molecular flexibility index (Phi) is 4.11. The third-order valence-electron chi connectivity index (χ3n) is 3.50. The molecule has 1 N–H and O–H groups in total. The number of hydrogen-bond acceptors (Lipinski definition) is 3. The van der Waals surface area contributed by atoms with Crippen LogP contribution in [0.15, 0.2) is 18.2 Å². The Hall–Kier alpha value is -1.24. The van der Waals surface area contributed by atoms with Gasteiger partial charge in [-0.2, -0.15) is 5.26 Å². The number of hydrogen-bond donors (Lipinski definition) is 1. The molecule has 1 aliphatic rings. The number of benzene rings is 1. The molecule has 0 radical (unpaired) electrons. The highest BCUT2D eigenvalue weighted by Gasteiger charge is 2.28. The summed E-state index contributed by atoms with van der Waals surface area (Å²) in [6, 6.07) is 8.66. The van der Waals surface area contributed by atoms with Gasteiger partial charge in [0.25, 0.3) is 0 Å². The Labute approximate surface area is 113 Å². The van der Waals surface area contributed by atoms with Gasteiger partial charge in [0.1, 0.15) is 0 Å². The first kappa shape index (κ1) is 13.2. The molecule has 0 bridgehead atoms. The summed E-state index contributed by atoms with van der Waals surface area (Å²) in [5.74, 6) is 0. The average molecular weight is 264 g/mol. The van der Waals surface area contributed by atoms with E-state index in [9.17, 15) is 0 Å². The quantitative estimate of drug-likeness (QED) is 0.887. The topological polar surface area (TPSA) is 39.1 Å². The zero-order chi connectivity index (χ0) is 13.1. The first-order valence-electron chi connectivity index (χ1n) is 6.27. The molecule has 4 heteroatoms. The summed E-state index contributed by atoms with van der Waals surface area (Å²) in [6.45, 7) is 3.07. The van der Waals surface area contributed by atoms with Gasteiger partial charge in [-0.3, -0.25) is 4.90 Å². The summed E-state index contributed by atoms with van der Waals surface area (Å²) >= 11 is 6.12. The highest BCUT2D eigenvalue weighted by Crippen LogP contribution is 2.27. The first-order chi connectivity index (χ1) is 8.61. The van der Waals surface area contributed by atoms with Crippen molar-refractivity contribution < 1.29 is 0 Å². The maximum absolute atomic E-state index is 8.78. The monoisotopic (exact) mass is 263 g/mol. The number of nitrogens with zero attached hydrogens (tertiary/aromatic N) is 2. The molecule has 0 spiro atoms. The minimum atomic E-state index is 0.476. The predicted molar refractivity (Wildman–Crippen MR) is 74.9 cm³/mol. The van der Waals surface area contributed by atoms with Crippen molar-refractivity contribution in [2.24, 2.45) is 0 Å². The molecule has 1 saturated carbocycles. The minimum Gasteiger partial charge on any atom is -0.382 e. The number of nitrogens with one attached hydrogen (secondary N) is 1. The molecule has 3 nitrogen and oxygen atoms in total. The highest BCUT2D eigenvalue weighted by molar-refractivity contribution is 6.33. The average Bonchev–Trinajstić information content (AvgIpc) is 3.20. The van der Waals surface area contributed by atoms with Gasteiger partial charge in [-0.1, -0.05) is 11.6 Å². The summed E-state index contributed by atoms with van der Waals surface area (Å²) in [4.78, 5) is 2.41. The Balaban J connectivity index is 1.91. The van der Waals surface area contributed by atoms with E-state index in [1.165, 1.54) is 12.8 Å². The number of likely N-dealkylation sites (N-methyl/N-ethyl adjacent to an activating group) is 1. The molecule has 0 heterocycles. The number of rotatable bonds is 5. The van der Waals surface area contributed by atoms with E-state index in [0.29, 0.717) is 16.6 Å². The van der Waals surface area contributed by atoms with E-state index in [4.69, 9.17) is 16.9 Å². The molecule has 1 fully saturated rings. The van der Waals surface area contributed by atoms with Crippen molar-refractivity contribution in [1.82, 2.24) is 4.90 Å². The van der Waals surface area contributed by atoms with E-state index in [0.717, 1.165) is 18.3 Å². The molecule has 1 aliphatic carbocycles. The molecule has 1 aromatic rings. The Bertz CT molecular complexity index is 463. The van der Waals surface area contributed by atoms with Crippen molar-refractivity contribution in [3.8, 4) is 6.07 Å².